The van der Waals surface area contributed by atoms with Crippen molar-refractivity contribution in [1.29, 1.82) is 0 Å². The summed E-state index contributed by atoms with van der Waals surface area (Å²) < 4.78 is 16.0. The summed E-state index contributed by atoms with van der Waals surface area (Å²) >= 11 is 0. The Morgan fingerprint density at radius 3 is 2.39 bits per heavy atom. The molecule has 0 radical (unpaired) electrons. The van der Waals surface area contributed by atoms with Crippen LogP contribution in [0.15, 0.2) is 47.6 Å². The topological polar surface area (TPSA) is 138 Å². The number of hydrogen-bond donors (Lipinski definition) is 0. The van der Waals surface area contributed by atoms with Crippen LogP contribution in [-0.2, 0) is 19.1 Å². The highest BCUT2D eigenvalue weighted by Gasteiger charge is 2.35. The van der Waals surface area contributed by atoms with Gasteiger partial charge in [0.05, 0.1) is 10.5 Å². The van der Waals surface area contributed by atoms with E-state index in [9.17, 15) is 24.5 Å². The number of nitro groups is 1. The molecule has 0 spiro atoms. The number of nitro benzene ring substituents is 1. The first-order chi connectivity index (χ1) is 14.7. The summed E-state index contributed by atoms with van der Waals surface area (Å²) in [5.74, 6) is -1.62. The Hall–Kier alpha value is -4.28. The van der Waals surface area contributed by atoms with Gasteiger partial charge in [0.1, 0.15) is 11.5 Å². The minimum Gasteiger partial charge on any atom is -0.446 e. The fourth-order valence-electron chi connectivity index (χ4n) is 2.83. The number of hydrazone groups is 1. The summed E-state index contributed by atoms with van der Waals surface area (Å²) in [7, 11) is 0. The Labute approximate surface area is 176 Å². The molecule has 2 aromatic rings. The molecule has 1 heterocycles. The number of ether oxygens (including phenoxy) is 3. The Morgan fingerprint density at radius 2 is 1.77 bits per heavy atom. The molecule has 0 aliphatic carbocycles. The van der Waals surface area contributed by atoms with E-state index in [2.05, 4.69) is 5.10 Å². The van der Waals surface area contributed by atoms with Crippen LogP contribution in [0.4, 0.5) is 5.69 Å². The van der Waals surface area contributed by atoms with Gasteiger partial charge in [-0.3, -0.25) is 24.5 Å². The number of rotatable bonds is 5. The Bertz CT molecular complexity index is 1110. The molecule has 1 atom stereocenters. The molecule has 2 aromatic carbocycles. The van der Waals surface area contributed by atoms with E-state index in [-0.39, 0.29) is 28.6 Å². The molecule has 31 heavy (non-hydrogen) atoms. The van der Waals surface area contributed by atoms with E-state index < -0.39 is 29.0 Å². The van der Waals surface area contributed by atoms with Crippen LogP contribution in [0.3, 0.4) is 0 Å². The van der Waals surface area contributed by atoms with Crippen LogP contribution in [0.25, 0.3) is 0 Å². The first-order valence-electron chi connectivity index (χ1n) is 8.96. The minimum absolute atomic E-state index is 0.00630. The first-order valence-corrected chi connectivity index (χ1v) is 8.96. The van der Waals surface area contributed by atoms with Gasteiger partial charge in [-0.05, 0) is 12.1 Å². The van der Waals surface area contributed by atoms with Crippen LogP contribution < -0.4 is 9.47 Å². The van der Waals surface area contributed by atoms with Gasteiger partial charge in [0.2, 0.25) is 18.0 Å². The molecule has 1 unspecified atom stereocenters. The van der Waals surface area contributed by atoms with Gasteiger partial charge in [-0.2, -0.15) is 5.01 Å². The summed E-state index contributed by atoms with van der Waals surface area (Å²) in [6, 6.07) is 9.80. The maximum Gasteiger partial charge on any atom is 0.308 e. The molecule has 0 saturated heterocycles. The lowest BCUT2D eigenvalue weighted by Gasteiger charge is -2.19. The lowest BCUT2D eigenvalue weighted by atomic mass is 10.1. The van der Waals surface area contributed by atoms with E-state index in [0.29, 0.717) is 5.56 Å². The Kier molecular flexibility index (Phi) is 5.95. The minimum atomic E-state index is -1.06. The molecule has 1 aliphatic heterocycles. The number of non-ortho nitro benzene ring substituents is 1. The molecule has 3 rings (SSSR count). The SMILES string of the molecule is CC(=O)Oc1ccc(C2=NN(C(C)=O)C(c3cccc([N+](=O)[O-])c3)O2)c(OC(C)=O)c1. The van der Waals surface area contributed by atoms with E-state index in [1.807, 2.05) is 0 Å². The number of carbonyl (C=O) groups is 3. The van der Waals surface area contributed by atoms with E-state index in [0.717, 1.165) is 5.01 Å². The van der Waals surface area contributed by atoms with Crippen molar-refractivity contribution in [2.75, 3.05) is 0 Å². The molecule has 0 fully saturated rings. The second-order valence-corrected chi connectivity index (χ2v) is 6.44. The third-order valence-electron chi connectivity index (χ3n) is 4.03. The summed E-state index contributed by atoms with van der Waals surface area (Å²) in [5, 5.41) is 16.3. The zero-order valence-electron chi connectivity index (χ0n) is 16.7. The van der Waals surface area contributed by atoms with Crippen molar-refractivity contribution in [2.45, 2.75) is 27.0 Å². The van der Waals surface area contributed by atoms with Gasteiger partial charge in [-0.15, -0.1) is 5.10 Å². The van der Waals surface area contributed by atoms with Crippen molar-refractivity contribution < 1.29 is 33.5 Å². The maximum atomic E-state index is 12.1. The van der Waals surface area contributed by atoms with Crippen LogP contribution in [0.5, 0.6) is 11.5 Å². The number of esters is 2. The number of benzene rings is 2. The van der Waals surface area contributed by atoms with Gasteiger partial charge >= 0.3 is 11.9 Å². The predicted molar refractivity (Wildman–Crippen MR) is 105 cm³/mol. The lowest BCUT2D eigenvalue weighted by Crippen LogP contribution is -2.25. The van der Waals surface area contributed by atoms with Crippen LogP contribution in [0, 0.1) is 10.1 Å². The lowest BCUT2D eigenvalue weighted by molar-refractivity contribution is -0.385. The molecular weight excluding hydrogens is 410 g/mol. The molecule has 11 nitrogen and oxygen atoms in total. The largest absolute Gasteiger partial charge is 0.446 e. The van der Waals surface area contributed by atoms with Crippen molar-refractivity contribution >= 4 is 29.4 Å². The summed E-state index contributed by atoms with van der Waals surface area (Å²) in [4.78, 5) is 45.4. The molecule has 1 amide bonds. The van der Waals surface area contributed by atoms with Gasteiger partial charge in [-0.25, -0.2) is 0 Å². The molecule has 0 saturated carbocycles. The van der Waals surface area contributed by atoms with Crippen molar-refractivity contribution in [1.82, 2.24) is 5.01 Å². The predicted octanol–water partition coefficient (Wildman–Crippen LogP) is 2.68. The zero-order valence-corrected chi connectivity index (χ0v) is 16.7. The molecule has 1 aliphatic rings. The van der Waals surface area contributed by atoms with E-state index in [1.165, 1.54) is 57.2 Å². The molecule has 0 aromatic heterocycles. The average molecular weight is 427 g/mol. The number of nitrogens with zero attached hydrogens (tertiary/aromatic N) is 3. The summed E-state index contributed by atoms with van der Waals surface area (Å²) in [6.07, 6.45) is -1.06. The first kappa shape index (κ1) is 21.4. The van der Waals surface area contributed by atoms with Crippen molar-refractivity contribution in [3.05, 3.63) is 63.7 Å². The smallest absolute Gasteiger partial charge is 0.308 e. The van der Waals surface area contributed by atoms with E-state index in [1.54, 1.807) is 6.07 Å². The Balaban J connectivity index is 2.01. The quantitative estimate of drug-likeness (QED) is 0.307. The van der Waals surface area contributed by atoms with Gasteiger partial charge < -0.3 is 14.2 Å². The number of amides is 1. The number of carbonyl (C=O) groups excluding carboxylic acids is 3. The average Bonchev–Trinajstić information content (AvgIpc) is 3.13. The van der Waals surface area contributed by atoms with Gasteiger partial charge in [-0.1, -0.05) is 12.1 Å². The van der Waals surface area contributed by atoms with Gasteiger partial charge in [0.15, 0.2) is 0 Å². The van der Waals surface area contributed by atoms with Crippen molar-refractivity contribution in [3.63, 3.8) is 0 Å². The standard InChI is InChI=1S/C20H17N3O8/c1-11(24)22-20(14-5-4-6-15(9-14)23(27)28)31-19(21-22)17-8-7-16(29-12(2)25)10-18(17)30-13(3)26/h4-10,20H,1-3H3. The second-order valence-electron chi connectivity index (χ2n) is 6.44. The molecule has 11 heteroatoms. The van der Waals surface area contributed by atoms with Crippen molar-refractivity contribution in [3.8, 4) is 11.5 Å². The van der Waals surface area contributed by atoms with Crippen LogP contribution >= 0.6 is 0 Å². The maximum absolute atomic E-state index is 12.1. The van der Waals surface area contributed by atoms with E-state index >= 15 is 0 Å². The summed E-state index contributed by atoms with van der Waals surface area (Å²) in [5.41, 5.74) is 0.364. The van der Waals surface area contributed by atoms with Gasteiger partial charge in [0.25, 0.3) is 5.69 Å². The highest BCUT2D eigenvalue weighted by Crippen LogP contribution is 2.35. The zero-order chi connectivity index (χ0) is 22.7. The highest BCUT2D eigenvalue weighted by atomic mass is 16.6. The summed E-state index contributed by atoms with van der Waals surface area (Å²) in [6.45, 7) is 3.67. The monoisotopic (exact) mass is 427 g/mol. The second kappa shape index (κ2) is 8.61. The normalized spacial score (nSPS) is 15.0. The van der Waals surface area contributed by atoms with Crippen LogP contribution in [-0.4, -0.2) is 33.7 Å². The number of hydrogen-bond acceptors (Lipinski definition) is 9. The molecule has 0 bridgehead atoms. The van der Waals surface area contributed by atoms with Crippen LogP contribution in [0.2, 0.25) is 0 Å². The third kappa shape index (κ3) is 4.83. The molecule has 160 valence electrons. The fourth-order valence-corrected chi connectivity index (χ4v) is 2.83. The molecule has 0 N–H and O–H groups in total. The highest BCUT2D eigenvalue weighted by molar-refractivity contribution is 5.99. The fraction of sp³-hybridized carbons (Fsp3) is 0.200. The van der Waals surface area contributed by atoms with Crippen LogP contribution in [0.1, 0.15) is 38.1 Å². The van der Waals surface area contributed by atoms with Crippen molar-refractivity contribution in [2.24, 2.45) is 5.10 Å². The Morgan fingerprint density at radius 1 is 1.06 bits per heavy atom. The van der Waals surface area contributed by atoms with E-state index in [4.69, 9.17) is 14.2 Å². The molecular formula is C20H17N3O8. The third-order valence-corrected chi connectivity index (χ3v) is 4.03. The van der Waals surface area contributed by atoms with Gasteiger partial charge in [0, 0.05) is 44.5 Å².